The van der Waals surface area contributed by atoms with Crippen LogP contribution < -0.4 is 5.73 Å². The number of hydrogen-bond acceptors (Lipinski definition) is 2. The maximum Gasteiger partial charge on any atom is 0.0873 e. The topological polar surface area (TPSA) is 73.7 Å². The Kier molecular flexibility index (Phi) is 7.82. The molecule has 0 rings (SSSR count). The normalized spacial score (nSPS) is 6.38. The molecule has 0 aromatic rings. The van der Waals surface area contributed by atoms with Crippen molar-refractivity contribution < 1.29 is 0 Å². The lowest BCUT2D eigenvalue weighted by Gasteiger charge is -1.66. The Morgan fingerprint density at radius 2 is 1.12 bits per heavy atom. The van der Waals surface area contributed by atoms with E-state index in [0.717, 1.165) is 0 Å². The molecule has 48 valence electrons. The Balaban J connectivity index is 0. The van der Waals surface area contributed by atoms with Crippen LogP contribution in [0.15, 0.2) is 0 Å². The Labute approximate surface area is 49.9 Å². The number of amidine groups is 1. The third kappa shape index (κ3) is 119. The molecule has 3 nitrogen and oxygen atoms in total. The van der Waals surface area contributed by atoms with Crippen LogP contribution in [0.2, 0.25) is 0 Å². The molecule has 0 aromatic carbocycles. The number of hydrogen-bond donors (Lipinski definition) is 3. The van der Waals surface area contributed by atoms with Gasteiger partial charge in [-0.3, -0.25) is 5.41 Å². The van der Waals surface area contributed by atoms with Gasteiger partial charge in [-0.1, -0.05) is 0 Å². The third-order valence-corrected chi connectivity index (χ3v) is 0. The smallest absolute Gasteiger partial charge is 0.0873 e. The van der Waals surface area contributed by atoms with Gasteiger partial charge in [0, 0.05) is 5.71 Å². The molecule has 0 unspecified atom stereocenters. The molecular formula is C5H13N3. The van der Waals surface area contributed by atoms with Crippen molar-refractivity contribution in [2.45, 2.75) is 20.8 Å². The van der Waals surface area contributed by atoms with E-state index in [1.807, 2.05) is 0 Å². The second-order valence-electron chi connectivity index (χ2n) is 1.68. The van der Waals surface area contributed by atoms with Crippen LogP contribution in [-0.4, -0.2) is 11.5 Å². The molecule has 4 N–H and O–H groups in total. The molecule has 0 saturated heterocycles. The van der Waals surface area contributed by atoms with E-state index in [-0.39, 0.29) is 5.84 Å². The molecule has 3 heteroatoms. The second-order valence-corrected chi connectivity index (χ2v) is 1.68. The molecule has 0 aromatic heterocycles. The minimum atomic E-state index is 0.167. The minimum absolute atomic E-state index is 0.167. The predicted molar refractivity (Wildman–Crippen MR) is 36.7 cm³/mol. The molecular weight excluding hydrogens is 102 g/mol. The fourth-order valence-corrected chi connectivity index (χ4v) is 0. The molecule has 8 heavy (non-hydrogen) atoms. The summed E-state index contributed by atoms with van der Waals surface area (Å²) < 4.78 is 0. The Morgan fingerprint density at radius 1 is 1.12 bits per heavy atom. The van der Waals surface area contributed by atoms with E-state index < -0.39 is 0 Å². The fraction of sp³-hybridized carbons (Fsp3) is 0.600. The average Bonchev–Trinajstić information content (AvgIpc) is 1.25. The zero-order valence-electron chi connectivity index (χ0n) is 5.58. The van der Waals surface area contributed by atoms with Gasteiger partial charge < -0.3 is 11.1 Å². The molecule has 0 heterocycles. The summed E-state index contributed by atoms with van der Waals surface area (Å²) in [5.41, 5.74) is 5.36. The Bertz CT molecular complexity index is 65.7. The first-order valence-corrected chi connectivity index (χ1v) is 2.29. The van der Waals surface area contributed by atoms with Gasteiger partial charge in [-0.25, -0.2) is 0 Å². The highest BCUT2D eigenvalue weighted by atomic mass is 14.7. The van der Waals surface area contributed by atoms with E-state index in [0.29, 0.717) is 5.71 Å². The highest BCUT2D eigenvalue weighted by Crippen LogP contribution is 1.52. The van der Waals surface area contributed by atoms with Crippen molar-refractivity contribution in [1.82, 2.24) is 0 Å². The molecule has 0 atom stereocenters. The van der Waals surface area contributed by atoms with Crippen molar-refractivity contribution in [3.05, 3.63) is 0 Å². The maximum absolute atomic E-state index is 6.50. The molecule has 0 aliphatic heterocycles. The molecule has 0 saturated carbocycles. The van der Waals surface area contributed by atoms with Crippen LogP contribution in [-0.2, 0) is 0 Å². The summed E-state index contributed by atoms with van der Waals surface area (Å²) in [6.45, 7) is 5.03. The molecule has 0 aliphatic carbocycles. The van der Waals surface area contributed by atoms with Gasteiger partial charge in [0.25, 0.3) is 0 Å². The van der Waals surface area contributed by atoms with E-state index in [1.54, 1.807) is 13.8 Å². The van der Waals surface area contributed by atoms with Gasteiger partial charge in [-0.2, -0.15) is 0 Å². The van der Waals surface area contributed by atoms with Crippen LogP contribution in [0.3, 0.4) is 0 Å². The van der Waals surface area contributed by atoms with Crippen LogP contribution >= 0.6 is 0 Å². The lowest BCUT2D eigenvalue weighted by molar-refractivity contribution is 1.42. The zero-order valence-corrected chi connectivity index (χ0v) is 5.58. The van der Waals surface area contributed by atoms with Crippen molar-refractivity contribution in [2.24, 2.45) is 5.73 Å². The Hall–Kier alpha value is -0.860. The summed E-state index contributed by atoms with van der Waals surface area (Å²) in [7, 11) is 0. The van der Waals surface area contributed by atoms with Gasteiger partial charge in [0.1, 0.15) is 0 Å². The third-order valence-electron chi connectivity index (χ3n) is 0. The Morgan fingerprint density at radius 3 is 1.12 bits per heavy atom. The second kappa shape index (κ2) is 6.14. The van der Waals surface area contributed by atoms with Gasteiger partial charge in [0.05, 0.1) is 5.84 Å². The van der Waals surface area contributed by atoms with E-state index in [1.165, 1.54) is 6.92 Å². The summed E-state index contributed by atoms with van der Waals surface area (Å²) in [5, 5.41) is 12.8. The van der Waals surface area contributed by atoms with Gasteiger partial charge >= 0.3 is 0 Å². The molecule has 0 amide bonds. The van der Waals surface area contributed by atoms with Crippen LogP contribution in [0.4, 0.5) is 0 Å². The molecule has 0 aliphatic rings. The van der Waals surface area contributed by atoms with E-state index >= 15 is 0 Å². The quantitative estimate of drug-likeness (QED) is 0.319. The van der Waals surface area contributed by atoms with Crippen molar-refractivity contribution in [3.63, 3.8) is 0 Å². The van der Waals surface area contributed by atoms with Crippen molar-refractivity contribution in [1.29, 1.82) is 10.8 Å². The van der Waals surface area contributed by atoms with Gasteiger partial charge in [-0.05, 0) is 20.8 Å². The monoisotopic (exact) mass is 115 g/mol. The van der Waals surface area contributed by atoms with Crippen LogP contribution in [0.1, 0.15) is 20.8 Å². The van der Waals surface area contributed by atoms with Crippen molar-refractivity contribution in [2.75, 3.05) is 0 Å². The number of nitrogens with two attached hydrogens (primary N) is 1. The standard InChI is InChI=1S/C3H7N.C2H6N2/c1-3(2)4;1-2(3)4/h4H,1-2H3;1H3,(H3,3,4). The first-order chi connectivity index (χ1) is 3.46. The van der Waals surface area contributed by atoms with Crippen LogP contribution in [0.5, 0.6) is 0 Å². The molecule has 0 spiro atoms. The molecule has 0 radical (unpaired) electrons. The van der Waals surface area contributed by atoms with Crippen molar-refractivity contribution in [3.8, 4) is 0 Å². The maximum atomic E-state index is 6.50. The van der Waals surface area contributed by atoms with Crippen LogP contribution in [0, 0.1) is 10.8 Å². The fourth-order valence-electron chi connectivity index (χ4n) is 0. The zero-order chi connectivity index (χ0) is 7.15. The molecule has 0 bridgehead atoms. The summed E-state index contributed by atoms with van der Waals surface area (Å²) in [6.07, 6.45) is 0. The van der Waals surface area contributed by atoms with Crippen molar-refractivity contribution >= 4 is 11.5 Å². The first kappa shape index (κ1) is 10.2. The summed E-state index contributed by atoms with van der Waals surface area (Å²) >= 11 is 0. The largest absolute Gasteiger partial charge is 0.388 e. The average molecular weight is 115 g/mol. The van der Waals surface area contributed by atoms with Gasteiger partial charge in [0.2, 0.25) is 0 Å². The van der Waals surface area contributed by atoms with Crippen LogP contribution in [0.25, 0.3) is 0 Å². The van der Waals surface area contributed by atoms with E-state index in [2.05, 4.69) is 0 Å². The summed E-state index contributed by atoms with van der Waals surface area (Å²) in [6, 6.07) is 0. The molecule has 0 fully saturated rings. The van der Waals surface area contributed by atoms with E-state index in [4.69, 9.17) is 16.6 Å². The predicted octanol–water partition coefficient (Wildman–Crippen LogP) is 0.988. The number of nitrogens with one attached hydrogen (secondary N) is 2. The highest BCUT2D eigenvalue weighted by Gasteiger charge is 1.55. The van der Waals surface area contributed by atoms with E-state index in [9.17, 15) is 0 Å². The first-order valence-electron chi connectivity index (χ1n) is 2.29. The summed E-state index contributed by atoms with van der Waals surface area (Å²) in [4.78, 5) is 0. The highest BCUT2D eigenvalue weighted by molar-refractivity contribution is 5.75. The SMILES string of the molecule is CC(=N)N.CC(C)=N. The number of rotatable bonds is 0. The lowest BCUT2D eigenvalue weighted by atomic mass is 10.5. The lowest BCUT2D eigenvalue weighted by Crippen LogP contribution is -2.00. The minimum Gasteiger partial charge on any atom is -0.388 e. The van der Waals surface area contributed by atoms with Gasteiger partial charge in [-0.15, -0.1) is 0 Å². The summed E-state index contributed by atoms with van der Waals surface area (Å²) in [5.74, 6) is 0.167. The van der Waals surface area contributed by atoms with Gasteiger partial charge in [0.15, 0.2) is 0 Å².